The molecule has 0 aliphatic rings. The van der Waals surface area contributed by atoms with E-state index in [0.29, 0.717) is 5.92 Å². The van der Waals surface area contributed by atoms with Gasteiger partial charge in [0.15, 0.2) is 0 Å². The van der Waals surface area contributed by atoms with Crippen LogP contribution in [0.1, 0.15) is 36.4 Å². The molecule has 152 valence electrons. The lowest BCUT2D eigenvalue weighted by atomic mass is 9.92. The van der Waals surface area contributed by atoms with E-state index >= 15 is 0 Å². The normalized spacial score (nSPS) is 11.4. The molecule has 0 radical (unpaired) electrons. The van der Waals surface area contributed by atoms with E-state index in [-0.39, 0.29) is 0 Å². The minimum absolute atomic E-state index is 0.544. The van der Waals surface area contributed by atoms with Crippen LogP contribution in [0.15, 0.2) is 54.9 Å². The molecule has 30 heavy (non-hydrogen) atoms. The fourth-order valence-corrected chi connectivity index (χ4v) is 4.24. The Hall–Kier alpha value is -3.07. The zero-order valence-electron chi connectivity index (χ0n) is 18.8. The summed E-state index contributed by atoms with van der Waals surface area (Å²) in [5, 5.41) is 1.21. The smallest absolute Gasteiger partial charge is 0.221 e. The molecule has 2 heterocycles. The number of pyridine rings is 1. The van der Waals surface area contributed by atoms with Crippen molar-refractivity contribution in [3.63, 3.8) is 0 Å². The number of para-hydroxylation sites is 1. The van der Waals surface area contributed by atoms with Gasteiger partial charge in [-0.2, -0.15) is 4.57 Å². The molecule has 0 aliphatic heterocycles. The molecule has 3 heteroatoms. The average Bonchev–Trinajstić information content (AvgIpc) is 2.71. The number of nitrogens with zero attached hydrogens (tertiary/aromatic N) is 3. The van der Waals surface area contributed by atoms with Crippen molar-refractivity contribution < 1.29 is 4.57 Å². The Morgan fingerprint density at radius 1 is 0.900 bits per heavy atom. The van der Waals surface area contributed by atoms with Crippen LogP contribution >= 0.6 is 0 Å². The third-order valence-electron chi connectivity index (χ3n) is 5.86. The van der Waals surface area contributed by atoms with Crippen molar-refractivity contribution in [1.29, 1.82) is 0 Å². The first-order valence-corrected chi connectivity index (χ1v) is 10.7. The van der Waals surface area contributed by atoms with E-state index in [2.05, 4.69) is 98.7 Å². The zero-order valence-corrected chi connectivity index (χ0v) is 18.8. The number of fused-ring (bicyclic) bond motifs is 1. The second-order valence-electron chi connectivity index (χ2n) is 8.76. The second-order valence-corrected chi connectivity index (χ2v) is 8.76. The van der Waals surface area contributed by atoms with Crippen LogP contribution in [0.4, 0.5) is 0 Å². The third-order valence-corrected chi connectivity index (χ3v) is 5.86. The van der Waals surface area contributed by atoms with E-state index in [1.807, 2.05) is 12.4 Å². The Balaban J connectivity index is 2.01. The topological polar surface area (TPSA) is 29.7 Å². The van der Waals surface area contributed by atoms with Gasteiger partial charge >= 0.3 is 0 Å². The molecule has 0 unspecified atom stereocenters. The third kappa shape index (κ3) is 3.72. The van der Waals surface area contributed by atoms with Crippen LogP contribution in [0.2, 0.25) is 0 Å². The molecule has 0 spiro atoms. The number of aromatic nitrogens is 3. The maximum atomic E-state index is 4.68. The van der Waals surface area contributed by atoms with Gasteiger partial charge in [-0.05, 0) is 56.0 Å². The van der Waals surface area contributed by atoms with Crippen LogP contribution in [0, 0.1) is 26.7 Å². The Bertz CT molecular complexity index is 1220. The highest BCUT2D eigenvalue weighted by molar-refractivity contribution is 5.88. The van der Waals surface area contributed by atoms with Gasteiger partial charge in [-0.25, -0.2) is 9.97 Å². The van der Waals surface area contributed by atoms with Crippen molar-refractivity contribution in [2.45, 2.75) is 41.0 Å². The molecule has 2 aromatic heterocycles. The Kier molecular flexibility index (Phi) is 5.38. The van der Waals surface area contributed by atoms with Crippen molar-refractivity contribution in [3.05, 3.63) is 77.4 Å². The van der Waals surface area contributed by atoms with Gasteiger partial charge in [-0.3, -0.25) is 0 Å². The second kappa shape index (κ2) is 7.98. The summed E-state index contributed by atoms with van der Waals surface area (Å²) in [6.07, 6.45) is 4.86. The highest BCUT2D eigenvalue weighted by atomic mass is 14.9. The van der Waals surface area contributed by atoms with Crippen molar-refractivity contribution in [2.75, 3.05) is 0 Å². The monoisotopic (exact) mass is 396 g/mol. The van der Waals surface area contributed by atoms with Crippen LogP contribution in [0.5, 0.6) is 0 Å². The van der Waals surface area contributed by atoms with Crippen LogP contribution < -0.4 is 4.57 Å². The molecule has 0 bridgehead atoms. The molecule has 3 nitrogen and oxygen atoms in total. The Morgan fingerprint density at radius 3 is 2.30 bits per heavy atom. The molecule has 4 aromatic rings. The summed E-state index contributed by atoms with van der Waals surface area (Å²) in [6.45, 7) is 11.0. The van der Waals surface area contributed by atoms with Crippen molar-refractivity contribution in [2.24, 2.45) is 13.0 Å². The van der Waals surface area contributed by atoms with Gasteiger partial charge in [0.1, 0.15) is 12.9 Å². The Labute approximate surface area is 179 Å². The van der Waals surface area contributed by atoms with Gasteiger partial charge < -0.3 is 0 Å². The minimum Gasteiger partial charge on any atom is -0.241 e. The van der Waals surface area contributed by atoms with Crippen molar-refractivity contribution in [3.8, 4) is 22.4 Å². The molecular formula is C27H30N3+. The highest BCUT2D eigenvalue weighted by Crippen LogP contribution is 2.34. The lowest BCUT2D eigenvalue weighted by Crippen LogP contribution is -2.33. The standard InChI is InChI=1S/C27H30N3/c1-17(2)11-26-28-15-22(16-29-26)24-14-21-9-7-8-10-25(21)30(6)27(24)23-13-18(3)12-19(4)20(23)5/h7-10,12-17H,11H2,1-6H3/q+1. The highest BCUT2D eigenvalue weighted by Gasteiger charge is 2.24. The first-order valence-electron chi connectivity index (χ1n) is 10.7. The summed E-state index contributed by atoms with van der Waals surface area (Å²) in [5.41, 5.74) is 9.80. The van der Waals surface area contributed by atoms with Crippen molar-refractivity contribution in [1.82, 2.24) is 9.97 Å². The van der Waals surface area contributed by atoms with Crippen LogP contribution in [-0.4, -0.2) is 9.97 Å². The number of benzene rings is 2. The van der Waals surface area contributed by atoms with Gasteiger partial charge in [0.25, 0.3) is 0 Å². The fraction of sp³-hybridized carbons (Fsp3) is 0.296. The summed E-state index contributed by atoms with van der Waals surface area (Å²) in [5.74, 6) is 1.45. The molecule has 0 atom stereocenters. The lowest BCUT2D eigenvalue weighted by Gasteiger charge is -2.14. The number of hydrogen-bond acceptors (Lipinski definition) is 2. The molecule has 0 saturated carbocycles. The van der Waals surface area contributed by atoms with E-state index in [1.165, 1.54) is 44.4 Å². The molecule has 0 saturated heterocycles. The Morgan fingerprint density at radius 2 is 1.60 bits per heavy atom. The largest absolute Gasteiger partial charge is 0.241 e. The quantitative estimate of drug-likeness (QED) is 0.401. The summed E-state index contributed by atoms with van der Waals surface area (Å²) in [4.78, 5) is 9.35. The van der Waals surface area contributed by atoms with Crippen molar-refractivity contribution >= 4 is 10.9 Å². The molecule has 0 fully saturated rings. The molecular weight excluding hydrogens is 366 g/mol. The van der Waals surface area contributed by atoms with E-state index in [9.17, 15) is 0 Å². The molecule has 4 rings (SSSR count). The first-order chi connectivity index (χ1) is 14.3. The first kappa shape index (κ1) is 20.2. The van der Waals surface area contributed by atoms with Gasteiger partial charge in [0.2, 0.25) is 11.2 Å². The maximum Gasteiger partial charge on any atom is 0.221 e. The van der Waals surface area contributed by atoms with E-state index in [0.717, 1.165) is 17.8 Å². The molecule has 0 aliphatic carbocycles. The van der Waals surface area contributed by atoms with Gasteiger partial charge in [-0.15, -0.1) is 0 Å². The number of aryl methyl sites for hydroxylation is 3. The van der Waals surface area contributed by atoms with Crippen LogP contribution in [-0.2, 0) is 13.5 Å². The SMILES string of the molecule is Cc1cc(C)c(C)c(-c2c(-c3cnc(CC(C)C)nc3)cc3ccccc3[n+]2C)c1. The predicted molar refractivity (Wildman–Crippen MR) is 124 cm³/mol. The summed E-state index contributed by atoms with van der Waals surface area (Å²) >= 11 is 0. The molecule has 2 aromatic carbocycles. The zero-order chi connectivity index (χ0) is 21.4. The molecule has 0 amide bonds. The summed E-state index contributed by atoms with van der Waals surface area (Å²) in [6, 6.07) is 15.4. The predicted octanol–water partition coefficient (Wildman–Crippen LogP) is 5.91. The maximum absolute atomic E-state index is 4.68. The average molecular weight is 397 g/mol. The molecule has 0 N–H and O–H groups in total. The lowest BCUT2D eigenvalue weighted by molar-refractivity contribution is -0.633. The van der Waals surface area contributed by atoms with E-state index in [1.54, 1.807) is 0 Å². The van der Waals surface area contributed by atoms with Gasteiger partial charge in [0, 0.05) is 35.8 Å². The van der Waals surface area contributed by atoms with Gasteiger partial charge in [-0.1, -0.05) is 37.6 Å². The number of rotatable bonds is 4. The van der Waals surface area contributed by atoms with E-state index in [4.69, 9.17) is 0 Å². The fourth-order valence-electron chi connectivity index (χ4n) is 4.24. The van der Waals surface area contributed by atoms with Crippen LogP contribution in [0.25, 0.3) is 33.3 Å². The van der Waals surface area contributed by atoms with E-state index < -0.39 is 0 Å². The summed E-state index contributed by atoms with van der Waals surface area (Å²) < 4.78 is 2.31. The summed E-state index contributed by atoms with van der Waals surface area (Å²) in [7, 11) is 2.16. The number of hydrogen-bond donors (Lipinski definition) is 0. The van der Waals surface area contributed by atoms with Gasteiger partial charge in [0.05, 0.1) is 11.1 Å². The minimum atomic E-state index is 0.544. The van der Waals surface area contributed by atoms with Crippen LogP contribution in [0.3, 0.4) is 0 Å².